The minimum Gasteiger partial charge on any atom is -0.477 e. The number of nitrogens with one attached hydrogen (secondary N) is 1. The molecule has 0 unspecified atom stereocenters. The van der Waals surface area contributed by atoms with Gasteiger partial charge >= 0.3 is 5.97 Å². The summed E-state index contributed by atoms with van der Waals surface area (Å²) in [6.45, 7) is 1.18. The summed E-state index contributed by atoms with van der Waals surface area (Å²) in [4.78, 5) is 31.5. The zero-order chi connectivity index (χ0) is 16.3. The van der Waals surface area contributed by atoms with Gasteiger partial charge in [-0.1, -0.05) is 24.3 Å². The van der Waals surface area contributed by atoms with Gasteiger partial charge < -0.3 is 10.4 Å². The van der Waals surface area contributed by atoms with Gasteiger partial charge in [-0.15, -0.1) is 0 Å². The van der Waals surface area contributed by atoms with Crippen molar-refractivity contribution in [3.8, 4) is 11.1 Å². The molecular weight excluding hydrogens is 288 g/mol. The first-order valence-corrected chi connectivity index (χ1v) is 6.29. The summed E-state index contributed by atoms with van der Waals surface area (Å²) < 4.78 is 0. The number of nitrogens with zero attached hydrogens (tertiary/aromatic N) is 1. The maximum Gasteiger partial charge on any atom is 0.344 e. The van der Waals surface area contributed by atoms with Crippen LogP contribution in [0.5, 0.6) is 0 Å². The lowest BCUT2D eigenvalue weighted by molar-refractivity contribution is -0.385. The monoisotopic (exact) mass is 300 g/mol. The Labute approximate surface area is 125 Å². The highest BCUT2D eigenvalue weighted by atomic mass is 16.6. The van der Waals surface area contributed by atoms with Gasteiger partial charge in [0, 0.05) is 13.0 Å². The molecule has 2 aliphatic carbocycles. The third-order valence-corrected chi connectivity index (χ3v) is 2.88. The van der Waals surface area contributed by atoms with E-state index < -0.39 is 28.1 Å². The fourth-order valence-electron chi connectivity index (χ4n) is 1.89. The van der Waals surface area contributed by atoms with Crippen molar-refractivity contribution in [2.75, 3.05) is 5.32 Å². The van der Waals surface area contributed by atoms with Gasteiger partial charge in [-0.05, 0) is 23.3 Å². The second kappa shape index (κ2) is 6.04. The molecule has 0 saturated heterocycles. The van der Waals surface area contributed by atoms with Crippen LogP contribution in [0.15, 0.2) is 42.5 Å². The number of benzene rings is 2. The topological polar surface area (TPSA) is 110 Å². The molecule has 2 aliphatic rings. The number of fused-ring (bicyclic) bond motifs is 1. The number of nitro groups is 1. The summed E-state index contributed by atoms with van der Waals surface area (Å²) in [5, 5.41) is 21.7. The van der Waals surface area contributed by atoms with Gasteiger partial charge in [0.25, 0.3) is 5.69 Å². The van der Waals surface area contributed by atoms with Crippen LogP contribution in [-0.2, 0) is 4.79 Å². The fourth-order valence-corrected chi connectivity index (χ4v) is 1.89. The number of carbonyl (C=O) groups excluding carboxylic acids is 1. The summed E-state index contributed by atoms with van der Waals surface area (Å²) in [6.07, 6.45) is 0. The van der Waals surface area contributed by atoms with E-state index in [-0.39, 0.29) is 5.69 Å². The molecular formula is C15H12N2O5. The molecule has 22 heavy (non-hydrogen) atoms. The number of hydrogen-bond donors (Lipinski definition) is 2. The highest BCUT2D eigenvalue weighted by molar-refractivity contribution is 6.03. The van der Waals surface area contributed by atoms with Crippen LogP contribution in [-0.4, -0.2) is 21.9 Å². The number of nitro benzene ring substituents is 1. The van der Waals surface area contributed by atoms with Crippen LogP contribution in [0.25, 0.3) is 11.1 Å². The largest absolute Gasteiger partial charge is 0.477 e. The molecule has 2 N–H and O–H groups in total. The maximum absolute atomic E-state index is 10.9. The molecule has 0 aromatic heterocycles. The number of rotatable bonds is 3. The van der Waals surface area contributed by atoms with Gasteiger partial charge in [0.05, 0.1) is 10.6 Å². The number of carbonyl (C=O) groups is 2. The quantitative estimate of drug-likeness (QED) is 0.571. The minimum absolute atomic E-state index is 0.0887. The summed E-state index contributed by atoms with van der Waals surface area (Å²) in [5.74, 6) is -1.96. The Kier molecular flexibility index (Phi) is 4.17. The number of hydrogen-bond acceptors (Lipinski definition) is 4. The average Bonchev–Trinajstić information content (AvgIpc) is 3.04. The first kappa shape index (κ1) is 15.2. The molecule has 0 aliphatic heterocycles. The number of amides is 1. The average molecular weight is 300 g/mol. The Balaban J connectivity index is 0.000000238. The van der Waals surface area contributed by atoms with Gasteiger partial charge in [0.15, 0.2) is 5.56 Å². The molecule has 0 atom stereocenters. The van der Waals surface area contributed by atoms with E-state index in [4.69, 9.17) is 5.11 Å². The van der Waals surface area contributed by atoms with E-state index in [1.165, 1.54) is 30.2 Å². The minimum atomic E-state index is -1.46. The summed E-state index contributed by atoms with van der Waals surface area (Å²) in [5.41, 5.74) is 1.68. The Morgan fingerprint density at radius 3 is 2.09 bits per heavy atom. The van der Waals surface area contributed by atoms with E-state index in [0.29, 0.717) is 0 Å². The number of anilines is 1. The number of aromatic carboxylic acids is 1. The standard InChI is InChI=1S/C9H8N2O5.C6H4/c1-5(12)10-6-3-2-4-7(11(15)16)8(6)9(13)14;1-2-5-4-6(5)3-1/h2-4H,1H3,(H,10,12)(H,13,14);1-4H. The van der Waals surface area contributed by atoms with Crippen LogP contribution in [0.3, 0.4) is 0 Å². The molecule has 1 aromatic carbocycles. The molecule has 7 heteroatoms. The Hall–Kier alpha value is -3.22. The van der Waals surface area contributed by atoms with Crippen LogP contribution in [0, 0.1) is 10.1 Å². The molecule has 3 rings (SSSR count). The first-order valence-electron chi connectivity index (χ1n) is 6.29. The Morgan fingerprint density at radius 1 is 1.14 bits per heavy atom. The lowest BCUT2D eigenvalue weighted by Gasteiger charge is -2.06. The molecule has 7 nitrogen and oxygen atoms in total. The van der Waals surface area contributed by atoms with E-state index in [2.05, 4.69) is 29.6 Å². The molecule has 0 radical (unpaired) electrons. The van der Waals surface area contributed by atoms with Crippen molar-refractivity contribution in [2.45, 2.75) is 6.92 Å². The van der Waals surface area contributed by atoms with Crippen LogP contribution >= 0.6 is 0 Å². The van der Waals surface area contributed by atoms with Crippen LogP contribution in [0.2, 0.25) is 0 Å². The normalized spacial score (nSPS) is 10.0. The third kappa shape index (κ3) is 3.45. The van der Waals surface area contributed by atoms with Crippen molar-refractivity contribution in [3.05, 3.63) is 58.1 Å². The van der Waals surface area contributed by atoms with E-state index in [1.54, 1.807) is 0 Å². The van der Waals surface area contributed by atoms with Crippen LogP contribution in [0.1, 0.15) is 17.3 Å². The Morgan fingerprint density at radius 2 is 1.73 bits per heavy atom. The van der Waals surface area contributed by atoms with E-state index >= 15 is 0 Å². The van der Waals surface area contributed by atoms with Crippen molar-refractivity contribution >= 4 is 23.3 Å². The second-order valence-electron chi connectivity index (χ2n) is 4.52. The van der Waals surface area contributed by atoms with Gasteiger partial charge in [0.1, 0.15) is 0 Å². The predicted octanol–water partition coefficient (Wildman–Crippen LogP) is 2.92. The smallest absolute Gasteiger partial charge is 0.344 e. The predicted molar refractivity (Wildman–Crippen MR) is 79.8 cm³/mol. The highest BCUT2D eigenvalue weighted by Gasteiger charge is 2.23. The maximum atomic E-state index is 10.9. The van der Waals surface area contributed by atoms with Gasteiger partial charge in [0.2, 0.25) is 5.91 Å². The molecule has 0 heterocycles. The number of carboxylic acids is 1. The molecule has 0 fully saturated rings. The zero-order valence-corrected chi connectivity index (χ0v) is 11.6. The van der Waals surface area contributed by atoms with Crippen molar-refractivity contribution in [2.24, 2.45) is 0 Å². The lowest BCUT2D eigenvalue weighted by atomic mass is 10.1. The summed E-state index contributed by atoms with van der Waals surface area (Å²) in [6, 6.07) is 12.1. The number of carboxylic acid groups (broad SMARTS) is 1. The SMILES string of the molecule is CC(=O)Nc1cccc([N+](=O)[O-])c1C(=O)O.c1cc2cc-2c1. The first-order chi connectivity index (χ1) is 10.4. The zero-order valence-electron chi connectivity index (χ0n) is 11.6. The van der Waals surface area contributed by atoms with Crippen LogP contribution in [0.4, 0.5) is 11.4 Å². The second-order valence-corrected chi connectivity index (χ2v) is 4.52. The fraction of sp³-hybridized carbons (Fsp3) is 0.0667. The summed E-state index contributed by atoms with van der Waals surface area (Å²) in [7, 11) is 0. The van der Waals surface area contributed by atoms with Gasteiger partial charge in [-0.25, -0.2) is 4.79 Å². The van der Waals surface area contributed by atoms with Gasteiger partial charge in [-0.3, -0.25) is 14.9 Å². The lowest BCUT2D eigenvalue weighted by Crippen LogP contribution is -2.12. The van der Waals surface area contributed by atoms with Crippen molar-refractivity contribution in [1.29, 1.82) is 0 Å². The van der Waals surface area contributed by atoms with Crippen molar-refractivity contribution in [1.82, 2.24) is 0 Å². The van der Waals surface area contributed by atoms with E-state index in [9.17, 15) is 19.7 Å². The molecule has 112 valence electrons. The molecule has 0 spiro atoms. The third-order valence-electron chi connectivity index (χ3n) is 2.88. The van der Waals surface area contributed by atoms with Crippen molar-refractivity contribution in [3.63, 3.8) is 0 Å². The van der Waals surface area contributed by atoms with E-state index in [0.717, 1.165) is 6.07 Å². The Bertz CT molecular complexity index is 753. The molecule has 1 amide bonds. The molecule has 1 aromatic rings. The molecule has 0 saturated carbocycles. The highest BCUT2D eigenvalue weighted by Crippen LogP contribution is 2.32. The van der Waals surface area contributed by atoms with Crippen LogP contribution < -0.4 is 5.32 Å². The van der Waals surface area contributed by atoms with Gasteiger partial charge in [-0.2, -0.15) is 0 Å². The van der Waals surface area contributed by atoms with Crippen molar-refractivity contribution < 1.29 is 19.6 Å². The molecule has 0 bridgehead atoms. The summed E-state index contributed by atoms with van der Waals surface area (Å²) >= 11 is 0. The van der Waals surface area contributed by atoms with E-state index in [1.807, 2.05) is 0 Å².